The van der Waals surface area contributed by atoms with Gasteiger partial charge in [0.1, 0.15) is 17.3 Å². The van der Waals surface area contributed by atoms with Crippen molar-refractivity contribution in [3.63, 3.8) is 0 Å². The van der Waals surface area contributed by atoms with Crippen molar-refractivity contribution in [1.29, 1.82) is 0 Å². The van der Waals surface area contributed by atoms with Gasteiger partial charge in [0.25, 0.3) is 5.09 Å². The number of allylic oxidation sites excluding steroid dienone is 1. The lowest BCUT2D eigenvalue weighted by Gasteiger charge is -2.69. The van der Waals surface area contributed by atoms with E-state index in [1.54, 1.807) is 0 Å². The molecule has 0 aromatic heterocycles. The molecule has 1 saturated heterocycles. The lowest BCUT2D eigenvalue weighted by molar-refractivity contribution is -0.142. The van der Waals surface area contributed by atoms with Crippen LogP contribution in [0, 0.1) is 5.82 Å². The molecule has 0 N–H and O–H groups in total. The van der Waals surface area contributed by atoms with Crippen LogP contribution in [0.4, 0.5) is 10.1 Å². The summed E-state index contributed by atoms with van der Waals surface area (Å²) in [5, 5.41) is -0.577. The molecule has 5 aliphatic heterocycles. The van der Waals surface area contributed by atoms with Crippen LogP contribution in [0.25, 0.3) is 0 Å². The lowest BCUT2D eigenvalue weighted by atomic mass is 10.2. The number of piperazine rings is 1. The zero-order chi connectivity index (χ0) is 27.6. The maximum atomic E-state index is 14.4. The Kier molecular flexibility index (Phi) is 4.98. The van der Waals surface area contributed by atoms with Crippen molar-refractivity contribution in [2.24, 2.45) is 4.99 Å². The highest BCUT2D eigenvalue weighted by atomic mass is 32.4. The number of rotatable bonds is 0. The summed E-state index contributed by atoms with van der Waals surface area (Å²) >= 11 is 0. The molecular weight excluding hydrogens is 537 g/mol. The molecule has 1 spiro atoms. The molecule has 0 saturated carbocycles. The Hall–Kier alpha value is -4.43. The standard InChI is InChI=1S/C25H22FN3O9S/c1-15-13-17-24(29-11-9-28(2)10-12-29)27-18-14-16(26)3-4-19(18)34-25(17)39(15,35-20(30)5-6-21(31)36-39)37-22(32)7-8-23(33)38-39/h3-8,13-14H,9-12H2,1-2H3. The molecule has 39 heavy (non-hydrogen) atoms. The van der Waals surface area contributed by atoms with Crippen LogP contribution < -0.4 is 4.74 Å². The van der Waals surface area contributed by atoms with Crippen LogP contribution in [0.1, 0.15) is 6.92 Å². The van der Waals surface area contributed by atoms with Crippen LogP contribution >= 0.6 is 9.42 Å². The van der Waals surface area contributed by atoms with E-state index in [0.717, 1.165) is 36.4 Å². The number of benzene rings is 1. The normalized spacial score (nSPS) is 26.5. The van der Waals surface area contributed by atoms with E-state index in [0.29, 0.717) is 26.2 Å². The number of nitrogens with zero attached hydrogens (tertiary/aromatic N) is 3. The van der Waals surface area contributed by atoms with Crippen molar-refractivity contribution in [3.05, 3.63) is 70.0 Å². The van der Waals surface area contributed by atoms with E-state index in [1.165, 1.54) is 19.1 Å². The van der Waals surface area contributed by atoms with Crippen LogP contribution in [0.3, 0.4) is 0 Å². The van der Waals surface area contributed by atoms with Gasteiger partial charge >= 0.3 is 23.9 Å². The number of halogens is 1. The molecule has 0 aliphatic carbocycles. The fraction of sp³-hybridized carbons (Fsp3) is 0.240. The minimum Gasteiger partial charge on any atom is -0.438 e. The van der Waals surface area contributed by atoms with Gasteiger partial charge in [0.15, 0.2) is 5.75 Å². The third kappa shape index (κ3) is 3.31. The number of ether oxygens (including phenoxy) is 1. The first kappa shape index (κ1) is 24.9. The van der Waals surface area contributed by atoms with Crippen LogP contribution in [0.5, 0.6) is 5.75 Å². The van der Waals surface area contributed by atoms with Crippen LogP contribution in [0.15, 0.2) is 69.1 Å². The number of fused-ring (bicyclic) bond motifs is 1. The van der Waals surface area contributed by atoms with E-state index in [-0.39, 0.29) is 27.8 Å². The van der Waals surface area contributed by atoms with Crippen molar-refractivity contribution >= 4 is 44.8 Å². The van der Waals surface area contributed by atoms with Crippen molar-refractivity contribution in [2.75, 3.05) is 33.2 Å². The van der Waals surface area contributed by atoms with Gasteiger partial charge in [-0.25, -0.2) is 28.6 Å². The Balaban J connectivity index is 1.72. The van der Waals surface area contributed by atoms with Gasteiger partial charge in [-0.15, -0.1) is 0 Å². The summed E-state index contributed by atoms with van der Waals surface area (Å²) in [5.74, 6) is -5.32. The van der Waals surface area contributed by atoms with E-state index in [9.17, 15) is 23.6 Å². The van der Waals surface area contributed by atoms with Gasteiger partial charge in [-0.3, -0.25) is 0 Å². The number of carbonyl (C=O) groups excluding carboxylic acids is 4. The topological polar surface area (TPSA) is 133 Å². The zero-order valence-corrected chi connectivity index (χ0v) is 21.6. The maximum Gasteiger partial charge on any atom is 0.348 e. The predicted octanol–water partition coefficient (Wildman–Crippen LogP) is 2.47. The average molecular weight is 560 g/mol. The largest absolute Gasteiger partial charge is 0.438 e. The molecule has 14 heteroatoms. The number of hydrogen-bond donors (Lipinski definition) is 0. The van der Waals surface area contributed by atoms with Crippen LogP contribution in [-0.2, 0) is 35.9 Å². The smallest absolute Gasteiger partial charge is 0.348 e. The van der Waals surface area contributed by atoms with E-state index < -0.39 is 44.2 Å². The second-order valence-electron chi connectivity index (χ2n) is 9.35. The molecule has 5 heterocycles. The minimum atomic E-state index is -6.69. The monoisotopic (exact) mass is 559 g/mol. The first-order chi connectivity index (χ1) is 18.5. The Morgan fingerprint density at radius 2 is 1.38 bits per heavy atom. The first-order valence-electron chi connectivity index (χ1n) is 11.8. The molecule has 0 radical (unpaired) electrons. The van der Waals surface area contributed by atoms with E-state index >= 15 is 0 Å². The summed E-state index contributed by atoms with van der Waals surface area (Å²) in [4.78, 5) is 60.7. The highest BCUT2D eigenvalue weighted by Crippen LogP contribution is 3.03. The summed E-state index contributed by atoms with van der Waals surface area (Å²) in [6, 6.07) is 3.47. The van der Waals surface area contributed by atoms with E-state index in [1.807, 2.05) is 11.9 Å². The van der Waals surface area contributed by atoms with Gasteiger partial charge in [0, 0.05) is 56.5 Å². The zero-order valence-electron chi connectivity index (χ0n) is 20.7. The molecule has 1 fully saturated rings. The summed E-state index contributed by atoms with van der Waals surface area (Å²) in [5.41, 5.74) is 0.102. The van der Waals surface area contributed by atoms with E-state index in [4.69, 9.17) is 21.5 Å². The fourth-order valence-corrected chi connectivity index (χ4v) is 9.16. The second kappa shape index (κ2) is 7.80. The molecule has 0 bridgehead atoms. The van der Waals surface area contributed by atoms with Gasteiger partial charge in [0.05, 0.1) is 10.5 Å². The Morgan fingerprint density at radius 3 is 1.92 bits per heavy atom. The van der Waals surface area contributed by atoms with Gasteiger partial charge < -0.3 is 31.3 Å². The van der Waals surface area contributed by atoms with Gasteiger partial charge in [-0.1, -0.05) is 0 Å². The maximum absolute atomic E-state index is 14.4. The molecular formula is C25H22FN3O9S. The first-order valence-corrected chi connectivity index (χ1v) is 14.0. The highest BCUT2D eigenvalue weighted by molar-refractivity contribution is 8.57. The van der Waals surface area contributed by atoms with Crippen molar-refractivity contribution in [1.82, 2.24) is 9.80 Å². The predicted molar refractivity (Wildman–Crippen MR) is 134 cm³/mol. The molecule has 12 nitrogen and oxygen atoms in total. The Bertz CT molecular complexity index is 1470. The van der Waals surface area contributed by atoms with Crippen LogP contribution in [-0.4, -0.2) is 72.7 Å². The molecule has 0 unspecified atom stereocenters. The van der Waals surface area contributed by atoms with Gasteiger partial charge in [0.2, 0.25) is 9.42 Å². The summed E-state index contributed by atoms with van der Waals surface area (Å²) in [6.07, 6.45) is 4.36. The van der Waals surface area contributed by atoms with Crippen molar-refractivity contribution < 1.29 is 45.0 Å². The number of hydrogen-bond acceptors (Lipinski definition) is 12. The molecule has 1 aromatic carbocycles. The van der Waals surface area contributed by atoms with Gasteiger partial charge in [-0.2, -0.15) is 0 Å². The quantitative estimate of drug-likeness (QED) is 0.464. The molecule has 0 amide bonds. The summed E-state index contributed by atoms with van der Waals surface area (Å²) < 4.78 is 43.8. The molecule has 1 aromatic rings. The highest BCUT2D eigenvalue weighted by Gasteiger charge is 2.83. The fourth-order valence-electron chi connectivity index (χ4n) is 4.90. The second-order valence-corrected chi connectivity index (χ2v) is 13.4. The third-order valence-corrected chi connectivity index (χ3v) is 11.6. The molecule has 6 rings (SSSR count). The van der Waals surface area contributed by atoms with Crippen LogP contribution in [0.2, 0.25) is 0 Å². The van der Waals surface area contributed by atoms with Crippen molar-refractivity contribution in [3.8, 4) is 5.75 Å². The van der Waals surface area contributed by atoms with E-state index in [2.05, 4.69) is 9.89 Å². The Labute approximate surface area is 220 Å². The third-order valence-electron chi connectivity index (χ3n) is 6.82. The Morgan fingerprint density at radius 1 is 0.846 bits per heavy atom. The number of likely N-dealkylation sites (N-methyl/N-ethyl adjacent to an activating group) is 1. The molecule has 5 aliphatic rings. The molecule has 204 valence electrons. The number of aliphatic imine (C=N–C) groups is 1. The number of amidine groups is 1. The SMILES string of the molecule is CC1=CC2=C(Oc3ccc(F)cc3N=C2N2CCN(C)CC2)S123(OC(=O)C=CC(=O)O2)OC(=O)C=CC(=O)O3. The summed E-state index contributed by atoms with van der Waals surface area (Å²) in [6.45, 7) is 3.57. The number of carbonyl (C=O) groups is 4. The molecule has 0 atom stereocenters. The minimum absolute atomic E-state index is 0.0466. The van der Waals surface area contributed by atoms with Crippen molar-refractivity contribution in [2.45, 2.75) is 6.92 Å². The van der Waals surface area contributed by atoms with Gasteiger partial charge in [-0.05, 0) is 32.2 Å². The average Bonchev–Trinajstić information content (AvgIpc) is 3.05. The summed E-state index contributed by atoms with van der Waals surface area (Å²) in [7, 11) is -4.73. The lowest BCUT2D eigenvalue weighted by Crippen LogP contribution is -2.51.